The Labute approximate surface area is 103 Å². The summed E-state index contributed by atoms with van der Waals surface area (Å²) in [6.07, 6.45) is 4.05. The molecule has 2 heterocycles. The second-order valence-corrected chi connectivity index (χ2v) is 5.51. The summed E-state index contributed by atoms with van der Waals surface area (Å²) < 4.78 is 7.59. The molecule has 1 saturated heterocycles. The minimum atomic E-state index is -0.798. The van der Waals surface area contributed by atoms with Gasteiger partial charge in [0.2, 0.25) is 0 Å². The molecule has 17 heavy (non-hydrogen) atoms. The number of aliphatic hydroxyl groups is 1. The quantitative estimate of drug-likeness (QED) is 0.877. The maximum Gasteiger partial charge on any atom is 0.111 e. The zero-order valence-corrected chi connectivity index (χ0v) is 10.9. The SMILES string of the molecule is CCCn1nccc1C1(O)CCOC(C)(C)C1. The molecule has 1 aromatic rings. The van der Waals surface area contributed by atoms with Crippen molar-refractivity contribution in [3.05, 3.63) is 18.0 Å². The molecule has 0 radical (unpaired) electrons. The highest BCUT2D eigenvalue weighted by atomic mass is 16.5. The number of rotatable bonds is 3. The van der Waals surface area contributed by atoms with Crippen molar-refractivity contribution in [3.63, 3.8) is 0 Å². The van der Waals surface area contributed by atoms with E-state index >= 15 is 0 Å². The number of hydrogen-bond acceptors (Lipinski definition) is 3. The molecule has 1 unspecified atom stereocenters. The summed E-state index contributed by atoms with van der Waals surface area (Å²) in [4.78, 5) is 0. The van der Waals surface area contributed by atoms with Crippen LogP contribution in [0.25, 0.3) is 0 Å². The summed E-state index contributed by atoms with van der Waals surface area (Å²) in [6, 6.07) is 1.93. The summed E-state index contributed by atoms with van der Waals surface area (Å²) >= 11 is 0. The van der Waals surface area contributed by atoms with Gasteiger partial charge in [0, 0.05) is 25.6 Å². The van der Waals surface area contributed by atoms with Gasteiger partial charge in [-0.25, -0.2) is 0 Å². The maximum absolute atomic E-state index is 10.8. The normalized spacial score (nSPS) is 28.2. The minimum Gasteiger partial charge on any atom is -0.383 e. The largest absolute Gasteiger partial charge is 0.383 e. The van der Waals surface area contributed by atoms with Gasteiger partial charge in [0.25, 0.3) is 0 Å². The first-order chi connectivity index (χ1) is 7.97. The van der Waals surface area contributed by atoms with Gasteiger partial charge in [0.05, 0.1) is 17.9 Å². The Morgan fingerprint density at radius 1 is 1.53 bits per heavy atom. The Morgan fingerprint density at radius 3 is 2.94 bits per heavy atom. The fraction of sp³-hybridized carbons (Fsp3) is 0.769. The molecule has 2 rings (SSSR count). The van der Waals surface area contributed by atoms with E-state index in [0.717, 1.165) is 18.7 Å². The van der Waals surface area contributed by atoms with Crippen LogP contribution in [0.2, 0.25) is 0 Å². The Morgan fingerprint density at radius 2 is 2.29 bits per heavy atom. The second-order valence-electron chi connectivity index (χ2n) is 5.51. The number of aromatic nitrogens is 2. The lowest BCUT2D eigenvalue weighted by Gasteiger charge is -2.41. The van der Waals surface area contributed by atoms with E-state index in [-0.39, 0.29) is 5.60 Å². The van der Waals surface area contributed by atoms with Gasteiger partial charge in [0.15, 0.2) is 0 Å². The Bertz CT molecular complexity index is 387. The summed E-state index contributed by atoms with van der Waals surface area (Å²) in [7, 11) is 0. The molecule has 0 aromatic carbocycles. The monoisotopic (exact) mass is 238 g/mol. The molecule has 1 fully saturated rings. The Balaban J connectivity index is 2.27. The van der Waals surface area contributed by atoms with Gasteiger partial charge in [0.1, 0.15) is 5.60 Å². The second kappa shape index (κ2) is 4.42. The summed E-state index contributed by atoms with van der Waals surface area (Å²) in [5, 5.41) is 15.1. The van der Waals surface area contributed by atoms with Crippen LogP contribution < -0.4 is 0 Å². The maximum atomic E-state index is 10.8. The lowest BCUT2D eigenvalue weighted by molar-refractivity contribution is -0.151. The van der Waals surface area contributed by atoms with E-state index in [1.807, 2.05) is 24.6 Å². The highest BCUT2D eigenvalue weighted by Crippen LogP contribution is 2.39. The number of hydrogen-bond donors (Lipinski definition) is 1. The van der Waals surface area contributed by atoms with E-state index in [4.69, 9.17) is 4.74 Å². The zero-order valence-electron chi connectivity index (χ0n) is 10.9. The van der Waals surface area contributed by atoms with Gasteiger partial charge in [-0.15, -0.1) is 0 Å². The van der Waals surface area contributed by atoms with Crippen LogP contribution >= 0.6 is 0 Å². The van der Waals surface area contributed by atoms with Crippen LogP contribution in [0.1, 0.15) is 45.7 Å². The van der Waals surface area contributed by atoms with Crippen LogP contribution in [-0.2, 0) is 16.9 Å². The third kappa shape index (κ3) is 2.53. The first-order valence-electron chi connectivity index (χ1n) is 6.35. The predicted molar refractivity (Wildman–Crippen MR) is 65.7 cm³/mol. The van der Waals surface area contributed by atoms with Gasteiger partial charge in [-0.05, 0) is 26.3 Å². The van der Waals surface area contributed by atoms with Gasteiger partial charge in [-0.3, -0.25) is 4.68 Å². The first-order valence-corrected chi connectivity index (χ1v) is 6.35. The van der Waals surface area contributed by atoms with Crippen molar-refractivity contribution >= 4 is 0 Å². The van der Waals surface area contributed by atoms with Crippen LogP contribution in [0, 0.1) is 0 Å². The van der Waals surface area contributed by atoms with E-state index in [0.29, 0.717) is 19.4 Å². The third-order valence-corrected chi connectivity index (χ3v) is 3.36. The first kappa shape index (κ1) is 12.6. The van der Waals surface area contributed by atoms with Crippen LogP contribution in [0.5, 0.6) is 0 Å². The predicted octanol–water partition coefficient (Wildman–Crippen LogP) is 2.07. The Hall–Kier alpha value is -0.870. The number of nitrogens with zero attached hydrogens (tertiary/aromatic N) is 2. The van der Waals surface area contributed by atoms with E-state index < -0.39 is 5.60 Å². The summed E-state index contributed by atoms with van der Waals surface area (Å²) in [5.41, 5.74) is -0.141. The molecular weight excluding hydrogens is 216 g/mol. The van der Waals surface area contributed by atoms with E-state index in [1.54, 1.807) is 6.20 Å². The molecule has 1 N–H and O–H groups in total. The van der Waals surface area contributed by atoms with Crippen molar-refractivity contribution in [2.24, 2.45) is 0 Å². The van der Waals surface area contributed by atoms with E-state index in [1.165, 1.54) is 0 Å². The van der Waals surface area contributed by atoms with Crippen LogP contribution in [-0.4, -0.2) is 27.1 Å². The van der Waals surface area contributed by atoms with Crippen molar-refractivity contribution in [2.45, 2.75) is 57.8 Å². The van der Waals surface area contributed by atoms with Crippen LogP contribution in [0.3, 0.4) is 0 Å². The number of ether oxygens (including phenoxy) is 1. The molecule has 96 valence electrons. The van der Waals surface area contributed by atoms with Gasteiger partial charge >= 0.3 is 0 Å². The van der Waals surface area contributed by atoms with E-state index in [9.17, 15) is 5.11 Å². The molecule has 1 aliphatic rings. The molecule has 0 bridgehead atoms. The summed E-state index contributed by atoms with van der Waals surface area (Å²) in [5.74, 6) is 0. The van der Waals surface area contributed by atoms with Crippen molar-refractivity contribution in [2.75, 3.05) is 6.61 Å². The molecule has 1 aromatic heterocycles. The van der Waals surface area contributed by atoms with Crippen molar-refractivity contribution in [1.29, 1.82) is 0 Å². The molecular formula is C13H22N2O2. The average molecular weight is 238 g/mol. The highest BCUT2D eigenvalue weighted by Gasteiger charge is 2.42. The Kier molecular flexibility index (Phi) is 3.27. The molecule has 4 nitrogen and oxygen atoms in total. The van der Waals surface area contributed by atoms with E-state index in [2.05, 4.69) is 12.0 Å². The number of aryl methyl sites for hydroxylation is 1. The fourth-order valence-corrected chi connectivity index (χ4v) is 2.68. The molecule has 1 atom stereocenters. The minimum absolute atomic E-state index is 0.270. The highest BCUT2D eigenvalue weighted by molar-refractivity contribution is 5.14. The lowest BCUT2D eigenvalue weighted by atomic mass is 9.82. The van der Waals surface area contributed by atoms with Gasteiger partial charge in [-0.1, -0.05) is 6.92 Å². The molecule has 0 amide bonds. The molecule has 1 aliphatic heterocycles. The lowest BCUT2D eigenvalue weighted by Crippen LogP contribution is -2.45. The molecule has 4 heteroatoms. The molecule has 0 aliphatic carbocycles. The summed E-state index contributed by atoms with van der Waals surface area (Å²) in [6.45, 7) is 7.62. The van der Waals surface area contributed by atoms with Gasteiger partial charge in [-0.2, -0.15) is 5.10 Å². The zero-order chi connectivity index (χ0) is 12.5. The van der Waals surface area contributed by atoms with Gasteiger partial charge < -0.3 is 9.84 Å². The molecule has 0 spiro atoms. The topological polar surface area (TPSA) is 47.3 Å². The standard InChI is InChI=1S/C13H22N2O2/c1-4-8-15-11(5-7-14-15)13(16)6-9-17-12(2,3)10-13/h5,7,16H,4,6,8-10H2,1-3H3. The van der Waals surface area contributed by atoms with Crippen molar-refractivity contribution < 1.29 is 9.84 Å². The van der Waals surface area contributed by atoms with Crippen molar-refractivity contribution in [1.82, 2.24) is 9.78 Å². The average Bonchev–Trinajstić information content (AvgIpc) is 2.65. The third-order valence-electron chi connectivity index (χ3n) is 3.36. The smallest absolute Gasteiger partial charge is 0.111 e. The van der Waals surface area contributed by atoms with Crippen LogP contribution in [0.4, 0.5) is 0 Å². The molecule has 0 saturated carbocycles. The van der Waals surface area contributed by atoms with Crippen molar-refractivity contribution in [3.8, 4) is 0 Å². The fourth-order valence-electron chi connectivity index (χ4n) is 2.68. The van der Waals surface area contributed by atoms with Crippen LogP contribution in [0.15, 0.2) is 12.3 Å².